The molecule has 1 fully saturated rings. The molecular weight excluding hydrogens is 234 g/mol. The normalized spacial score (nSPS) is 19.5. The van der Waals surface area contributed by atoms with Crippen molar-refractivity contribution in [1.29, 1.82) is 0 Å². The Morgan fingerprint density at radius 2 is 2.39 bits per heavy atom. The molecule has 0 radical (unpaired) electrons. The van der Waals surface area contributed by atoms with E-state index in [1.54, 1.807) is 6.33 Å². The second-order valence-electron chi connectivity index (χ2n) is 4.46. The predicted molar refractivity (Wildman–Crippen MR) is 60.9 cm³/mol. The Morgan fingerprint density at radius 1 is 1.44 bits per heavy atom. The number of hydrogen-bond acceptors (Lipinski definition) is 6. The molecule has 0 spiro atoms. The van der Waals surface area contributed by atoms with Crippen LogP contribution in [0.3, 0.4) is 0 Å². The molecular formula is C11H15N5O2. The van der Waals surface area contributed by atoms with Crippen LogP contribution in [0.5, 0.6) is 0 Å². The lowest BCUT2D eigenvalue weighted by molar-refractivity contribution is 0.192. The van der Waals surface area contributed by atoms with Gasteiger partial charge in [-0.1, -0.05) is 5.16 Å². The number of rotatable bonds is 4. The topological polar surface area (TPSA) is 78.9 Å². The van der Waals surface area contributed by atoms with Crippen LogP contribution in [0.15, 0.2) is 10.9 Å². The second-order valence-corrected chi connectivity index (χ2v) is 4.46. The van der Waals surface area contributed by atoms with Gasteiger partial charge in [0.2, 0.25) is 5.89 Å². The SMILES string of the molecule is Cn1cnnc1CCc1nc([C@@H]2CCOC2)no1. The summed E-state index contributed by atoms with van der Waals surface area (Å²) in [5.74, 6) is 2.62. The lowest BCUT2D eigenvalue weighted by Gasteiger charge is -1.98. The lowest BCUT2D eigenvalue weighted by Crippen LogP contribution is -2.02. The van der Waals surface area contributed by atoms with Gasteiger partial charge in [0.05, 0.1) is 6.61 Å². The predicted octanol–water partition coefficient (Wildman–Crippen LogP) is 0.487. The molecule has 3 heterocycles. The number of hydrogen-bond donors (Lipinski definition) is 0. The maximum absolute atomic E-state index is 5.31. The van der Waals surface area contributed by atoms with Crippen LogP contribution in [0.2, 0.25) is 0 Å². The molecule has 2 aromatic rings. The van der Waals surface area contributed by atoms with E-state index < -0.39 is 0 Å². The van der Waals surface area contributed by atoms with E-state index >= 15 is 0 Å². The highest BCUT2D eigenvalue weighted by Gasteiger charge is 2.23. The molecule has 0 aliphatic carbocycles. The summed E-state index contributed by atoms with van der Waals surface area (Å²) in [7, 11) is 1.92. The fraction of sp³-hybridized carbons (Fsp3) is 0.636. The molecule has 0 unspecified atom stereocenters. The van der Waals surface area contributed by atoms with E-state index in [9.17, 15) is 0 Å². The van der Waals surface area contributed by atoms with Gasteiger partial charge in [-0.3, -0.25) is 0 Å². The van der Waals surface area contributed by atoms with Gasteiger partial charge in [-0.15, -0.1) is 10.2 Å². The second kappa shape index (κ2) is 4.85. The summed E-state index contributed by atoms with van der Waals surface area (Å²) in [6.07, 6.45) is 4.10. The van der Waals surface area contributed by atoms with Crippen LogP contribution in [-0.4, -0.2) is 38.1 Å². The van der Waals surface area contributed by atoms with Crippen LogP contribution in [0.25, 0.3) is 0 Å². The molecule has 96 valence electrons. The van der Waals surface area contributed by atoms with Crippen molar-refractivity contribution in [3.8, 4) is 0 Å². The highest BCUT2D eigenvalue weighted by Crippen LogP contribution is 2.22. The van der Waals surface area contributed by atoms with E-state index in [0.717, 1.165) is 31.1 Å². The third kappa shape index (κ3) is 2.26. The Kier molecular flexibility index (Phi) is 3.06. The van der Waals surface area contributed by atoms with E-state index in [1.807, 2.05) is 11.6 Å². The summed E-state index contributed by atoms with van der Waals surface area (Å²) < 4.78 is 12.4. The molecule has 7 heteroatoms. The highest BCUT2D eigenvalue weighted by atomic mass is 16.5. The van der Waals surface area contributed by atoms with Crippen LogP contribution in [0, 0.1) is 0 Å². The van der Waals surface area contributed by atoms with Crippen molar-refractivity contribution >= 4 is 0 Å². The number of aromatic nitrogens is 5. The Bertz CT molecular complexity index is 515. The average Bonchev–Trinajstić information content (AvgIpc) is 3.08. The highest BCUT2D eigenvalue weighted by molar-refractivity contribution is 4.98. The van der Waals surface area contributed by atoms with Crippen molar-refractivity contribution in [2.24, 2.45) is 7.05 Å². The van der Waals surface area contributed by atoms with E-state index in [4.69, 9.17) is 9.26 Å². The standard InChI is InChI=1S/C11H15N5O2/c1-16-7-12-14-9(16)2-3-10-13-11(15-18-10)8-4-5-17-6-8/h7-8H,2-6H2,1H3/t8-/m1/s1. The number of aryl methyl sites for hydroxylation is 3. The van der Waals surface area contributed by atoms with Crippen molar-refractivity contribution in [3.05, 3.63) is 23.9 Å². The minimum atomic E-state index is 0.289. The molecule has 7 nitrogen and oxygen atoms in total. The fourth-order valence-electron chi connectivity index (χ4n) is 2.03. The third-order valence-corrected chi connectivity index (χ3v) is 3.15. The van der Waals surface area contributed by atoms with Crippen LogP contribution in [-0.2, 0) is 24.6 Å². The summed E-state index contributed by atoms with van der Waals surface area (Å²) in [6, 6.07) is 0. The molecule has 1 aliphatic rings. The molecule has 3 rings (SSSR count). The molecule has 0 saturated carbocycles. The van der Waals surface area contributed by atoms with Crippen molar-refractivity contribution in [2.45, 2.75) is 25.2 Å². The Balaban J connectivity index is 1.61. The van der Waals surface area contributed by atoms with Gasteiger partial charge >= 0.3 is 0 Å². The molecule has 0 amide bonds. The van der Waals surface area contributed by atoms with E-state index in [0.29, 0.717) is 18.9 Å². The van der Waals surface area contributed by atoms with E-state index in [2.05, 4.69) is 20.3 Å². The number of ether oxygens (including phenoxy) is 1. The summed E-state index contributed by atoms with van der Waals surface area (Å²) in [5, 5.41) is 11.9. The summed E-state index contributed by atoms with van der Waals surface area (Å²) in [5.41, 5.74) is 0. The summed E-state index contributed by atoms with van der Waals surface area (Å²) in [4.78, 5) is 4.41. The first-order valence-corrected chi connectivity index (χ1v) is 6.06. The van der Waals surface area contributed by atoms with E-state index in [1.165, 1.54) is 0 Å². The molecule has 0 bridgehead atoms. The Hall–Kier alpha value is -1.76. The molecule has 1 atom stereocenters. The van der Waals surface area contributed by atoms with Gasteiger partial charge in [0.1, 0.15) is 12.2 Å². The molecule has 2 aromatic heterocycles. The smallest absolute Gasteiger partial charge is 0.227 e. The average molecular weight is 249 g/mol. The first-order chi connectivity index (χ1) is 8.83. The zero-order valence-electron chi connectivity index (χ0n) is 10.2. The first-order valence-electron chi connectivity index (χ1n) is 6.06. The molecule has 1 saturated heterocycles. The monoisotopic (exact) mass is 249 g/mol. The summed E-state index contributed by atoms with van der Waals surface area (Å²) in [6.45, 7) is 1.48. The molecule has 0 N–H and O–H groups in total. The quantitative estimate of drug-likeness (QED) is 0.784. The van der Waals surface area contributed by atoms with Gasteiger partial charge in [0, 0.05) is 32.4 Å². The van der Waals surface area contributed by atoms with Gasteiger partial charge in [0.15, 0.2) is 5.82 Å². The largest absolute Gasteiger partial charge is 0.381 e. The molecule has 1 aliphatic heterocycles. The number of nitrogens with zero attached hydrogens (tertiary/aromatic N) is 5. The first kappa shape index (κ1) is 11.3. The molecule has 0 aromatic carbocycles. The van der Waals surface area contributed by atoms with Crippen molar-refractivity contribution in [1.82, 2.24) is 24.9 Å². The van der Waals surface area contributed by atoms with Crippen molar-refractivity contribution in [3.63, 3.8) is 0 Å². The van der Waals surface area contributed by atoms with Crippen LogP contribution < -0.4 is 0 Å². The maximum Gasteiger partial charge on any atom is 0.227 e. The van der Waals surface area contributed by atoms with Gasteiger partial charge in [-0.05, 0) is 6.42 Å². The van der Waals surface area contributed by atoms with Gasteiger partial charge in [-0.25, -0.2) is 0 Å². The Morgan fingerprint density at radius 3 is 3.11 bits per heavy atom. The van der Waals surface area contributed by atoms with Gasteiger partial charge in [0.25, 0.3) is 0 Å². The maximum atomic E-state index is 5.31. The minimum absolute atomic E-state index is 0.289. The summed E-state index contributed by atoms with van der Waals surface area (Å²) >= 11 is 0. The van der Waals surface area contributed by atoms with Gasteiger partial charge in [-0.2, -0.15) is 4.98 Å². The van der Waals surface area contributed by atoms with Crippen LogP contribution in [0.1, 0.15) is 29.9 Å². The van der Waals surface area contributed by atoms with E-state index in [-0.39, 0.29) is 5.92 Å². The van der Waals surface area contributed by atoms with Crippen LogP contribution >= 0.6 is 0 Å². The van der Waals surface area contributed by atoms with Crippen molar-refractivity contribution in [2.75, 3.05) is 13.2 Å². The zero-order chi connectivity index (χ0) is 12.4. The van der Waals surface area contributed by atoms with Crippen molar-refractivity contribution < 1.29 is 9.26 Å². The fourth-order valence-corrected chi connectivity index (χ4v) is 2.03. The lowest BCUT2D eigenvalue weighted by atomic mass is 10.1. The zero-order valence-corrected chi connectivity index (χ0v) is 10.2. The Labute approximate surface area is 104 Å². The third-order valence-electron chi connectivity index (χ3n) is 3.15. The van der Waals surface area contributed by atoms with Crippen LogP contribution in [0.4, 0.5) is 0 Å². The molecule has 18 heavy (non-hydrogen) atoms. The van der Waals surface area contributed by atoms with Gasteiger partial charge < -0.3 is 13.8 Å². The minimum Gasteiger partial charge on any atom is -0.381 e.